The first-order valence-electron chi connectivity index (χ1n) is 18.6. The summed E-state index contributed by atoms with van der Waals surface area (Å²) in [5.74, 6) is 7.53. The van der Waals surface area contributed by atoms with Gasteiger partial charge in [0.25, 0.3) is 0 Å². The third-order valence-electron chi connectivity index (χ3n) is 16.0. The molecule has 2 heteroatoms. The van der Waals surface area contributed by atoms with E-state index in [0.29, 0.717) is 28.1 Å². The van der Waals surface area contributed by atoms with Gasteiger partial charge in [-0.1, -0.05) is 80.1 Å². The third-order valence-corrected chi connectivity index (χ3v) is 16.0. The normalized spacial score (nSPS) is 48.1. The molecule has 5 fully saturated rings. The predicted molar refractivity (Wildman–Crippen MR) is 170 cm³/mol. The summed E-state index contributed by atoms with van der Waals surface area (Å²) < 4.78 is 0. The van der Waals surface area contributed by atoms with Gasteiger partial charge < -0.3 is 4.90 Å². The maximum atomic E-state index is 14.0. The smallest absolute Gasteiger partial charge is 0.162 e. The van der Waals surface area contributed by atoms with Crippen molar-refractivity contribution < 1.29 is 4.79 Å². The molecule has 7 rings (SSSR count). The van der Waals surface area contributed by atoms with E-state index in [4.69, 9.17) is 0 Å². The van der Waals surface area contributed by atoms with Crippen molar-refractivity contribution in [2.45, 2.75) is 157 Å². The van der Waals surface area contributed by atoms with Gasteiger partial charge in [0.1, 0.15) is 0 Å². The van der Waals surface area contributed by atoms with Crippen LogP contribution in [0.4, 0.5) is 0 Å². The van der Waals surface area contributed by atoms with Gasteiger partial charge >= 0.3 is 0 Å². The van der Waals surface area contributed by atoms with Gasteiger partial charge in [0.15, 0.2) is 5.78 Å². The van der Waals surface area contributed by atoms with Crippen molar-refractivity contribution in [3.8, 4) is 0 Å². The van der Waals surface area contributed by atoms with Gasteiger partial charge in [-0.25, -0.2) is 0 Å². The minimum atomic E-state index is 0.294. The van der Waals surface area contributed by atoms with E-state index >= 15 is 0 Å². The SMILES string of the molecule is CC(C)CCCC(C)C1CCC2C3CCC4(C)CC5=C(CC4(C)C3CCC12C)C(=O)CC1C2CCCCC2CCN51. The monoisotopic (exact) mass is 561 g/mol. The Balaban J connectivity index is 1.12. The number of carbonyl (C=O) groups is 1. The Morgan fingerprint density at radius 1 is 0.829 bits per heavy atom. The van der Waals surface area contributed by atoms with Crippen LogP contribution in [0.2, 0.25) is 0 Å². The first kappa shape index (κ1) is 29.0. The fourth-order valence-corrected chi connectivity index (χ4v) is 13.6. The molecule has 0 bridgehead atoms. The number of carbonyl (C=O) groups excluding carboxylic acids is 1. The van der Waals surface area contributed by atoms with Crippen LogP contribution in [-0.2, 0) is 4.79 Å². The zero-order valence-electron chi connectivity index (χ0n) is 27.8. The lowest BCUT2D eigenvalue weighted by atomic mass is 9.40. The zero-order chi connectivity index (χ0) is 28.7. The molecule has 0 amide bonds. The van der Waals surface area contributed by atoms with E-state index in [2.05, 4.69) is 46.4 Å². The van der Waals surface area contributed by atoms with Crippen LogP contribution in [0.15, 0.2) is 11.3 Å². The van der Waals surface area contributed by atoms with Crippen LogP contribution in [0.1, 0.15) is 151 Å². The minimum Gasteiger partial charge on any atom is -0.371 e. The summed E-state index contributed by atoms with van der Waals surface area (Å²) in [7, 11) is 0. The highest BCUT2D eigenvalue weighted by Crippen LogP contribution is 2.72. The first-order chi connectivity index (χ1) is 19.6. The summed E-state index contributed by atoms with van der Waals surface area (Å²) >= 11 is 0. The third kappa shape index (κ3) is 4.39. The molecular weight excluding hydrogens is 498 g/mol. The van der Waals surface area contributed by atoms with Gasteiger partial charge in [-0.3, -0.25) is 4.79 Å². The highest BCUT2D eigenvalue weighted by molar-refractivity contribution is 5.97. The first-order valence-corrected chi connectivity index (χ1v) is 18.6. The lowest BCUT2D eigenvalue weighted by Gasteiger charge is -2.66. The van der Waals surface area contributed by atoms with Gasteiger partial charge in [-0.05, 0) is 128 Å². The number of hydrogen-bond donors (Lipinski definition) is 0. The van der Waals surface area contributed by atoms with E-state index in [1.807, 2.05) is 0 Å². The number of rotatable bonds is 5. The Morgan fingerprint density at radius 3 is 2.44 bits per heavy atom. The molecule has 0 spiro atoms. The fourth-order valence-electron chi connectivity index (χ4n) is 13.6. The van der Waals surface area contributed by atoms with Crippen LogP contribution >= 0.6 is 0 Å². The Kier molecular flexibility index (Phi) is 7.34. The highest BCUT2D eigenvalue weighted by Gasteiger charge is 2.65. The van der Waals surface area contributed by atoms with E-state index < -0.39 is 0 Å². The van der Waals surface area contributed by atoms with E-state index in [1.165, 1.54) is 108 Å². The summed E-state index contributed by atoms with van der Waals surface area (Å²) in [6.07, 6.45) is 23.0. The highest BCUT2D eigenvalue weighted by atomic mass is 16.1. The topological polar surface area (TPSA) is 20.3 Å². The number of hydrogen-bond acceptors (Lipinski definition) is 2. The molecule has 2 aliphatic heterocycles. The van der Waals surface area contributed by atoms with Crippen LogP contribution in [0, 0.1) is 63.6 Å². The second-order valence-corrected chi connectivity index (χ2v) is 18.1. The summed E-state index contributed by atoms with van der Waals surface area (Å²) in [4.78, 5) is 16.9. The Morgan fingerprint density at radius 2 is 1.63 bits per heavy atom. The van der Waals surface area contributed by atoms with Gasteiger partial charge in [-0.2, -0.15) is 0 Å². The Hall–Kier alpha value is -0.790. The molecule has 0 N–H and O–H groups in total. The molecule has 11 atom stereocenters. The summed E-state index contributed by atoms with van der Waals surface area (Å²) in [5, 5.41) is 0. The summed E-state index contributed by atoms with van der Waals surface area (Å²) in [6, 6.07) is 0.526. The lowest BCUT2D eigenvalue weighted by molar-refractivity contribution is -0.149. The zero-order valence-corrected chi connectivity index (χ0v) is 27.8. The largest absolute Gasteiger partial charge is 0.371 e. The standard InChI is InChI=1S/C39H63NO/c1-25(2)10-9-11-26(3)31-14-15-32-29-16-19-37(4)24-35-30(23-39(37,6)33(29)17-20-38(31,32)5)36(41)22-34-28-13-8-7-12-27(28)18-21-40(34)35/h25-29,31-34H,7-24H2,1-6H3. The van der Waals surface area contributed by atoms with Gasteiger partial charge in [-0.15, -0.1) is 0 Å². The summed E-state index contributed by atoms with van der Waals surface area (Å²) in [6.45, 7) is 16.7. The van der Waals surface area contributed by atoms with Gasteiger partial charge in [0.2, 0.25) is 0 Å². The molecule has 41 heavy (non-hydrogen) atoms. The van der Waals surface area contributed by atoms with Crippen LogP contribution in [0.5, 0.6) is 0 Å². The maximum absolute atomic E-state index is 14.0. The number of Topliss-reactive ketones (excluding diaryl/α,β-unsaturated/α-hetero) is 1. The van der Waals surface area contributed by atoms with E-state index in [0.717, 1.165) is 60.2 Å². The van der Waals surface area contributed by atoms with Crippen molar-refractivity contribution in [3.05, 3.63) is 11.3 Å². The molecule has 0 radical (unpaired) electrons. The van der Waals surface area contributed by atoms with Crippen LogP contribution in [0.3, 0.4) is 0 Å². The average Bonchev–Trinajstić information content (AvgIpc) is 3.30. The van der Waals surface area contributed by atoms with E-state index in [-0.39, 0.29) is 0 Å². The maximum Gasteiger partial charge on any atom is 0.162 e. The molecule has 1 saturated heterocycles. The van der Waals surface area contributed by atoms with Crippen molar-refractivity contribution in [2.75, 3.05) is 6.54 Å². The van der Waals surface area contributed by atoms with Gasteiger partial charge in [0, 0.05) is 30.3 Å². The Bertz CT molecular complexity index is 1060. The molecular formula is C39H63NO. The Labute approximate surface area is 253 Å². The molecule has 0 aromatic rings. The van der Waals surface area contributed by atoms with E-state index in [9.17, 15) is 4.79 Å². The lowest BCUT2D eigenvalue weighted by Crippen LogP contribution is -2.60. The molecule has 0 aromatic carbocycles. The van der Waals surface area contributed by atoms with Crippen molar-refractivity contribution >= 4 is 5.78 Å². The molecule has 230 valence electrons. The second-order valence-electron chi connectivity index (χ2n) is 18.1. The molecule has 2 heterocycles. The van der Waals surface area contributed by atoms with Crippen molar-refractivity contribution in [3.63, 3.8) is 0 Å². The molecule has 5 aliphatic carbocycles. The minimum absolute atomic E-state index is 0.294. The van der Waals surface area contributed by atoms with Crippen LogP contribution < -0.4 is 0 Å². The number of piperidine rings is 1. The van der Waals surface area contributed by atoms with Crippen LogP contribution in [-0.4, -0.2) is 23.3 Å². The average molecular weight is 562 g/mol. The number of ketones is 1. The number of allylic oxidation sites excluding steroid dienone is 2. The van der Waals surface area contributed by atoms with Gasteiger partial charge in [0.05, 0.1) is 0 Å². The number of nitrogens with zero attached hydrogens (tertiary/aromatic N) is 1. The molecule has 0 aromatic heterocycles. The quantitative estimate of drug-likeness (QED) is 0.333. The molecule has 11 unspecified atom stereocenters. The van der Waals surface area contributed by atoms with Crippen molar-refractivity contribution in [1.29, 1.82) is 0 Å². The van der Waals surface area contributed by atoms with Crippen molar-refractivity contribution in [2.24, 2.45) is 63.6 Å². The molecule has 4 saturated carbocycles. The molecule has 7 aliphatic rings. The fraction of sp³-hybridized carbons (Fsp3) is 0.923. The predicted octanol–water partition coefficient (Wildman–Crippen LogP) is 10.2. The number of fused-ring (bicyclic) bond motifs is 9. The summed E-state index contributed by atoms with van der Waals surface area (Å²) in [5.41, 5.74) is 4.06. The second kappa shape index (κ2) is 10.4. The van der Waals surface area contributed by atoms with Crippen molar-refractivity contribution in [1.82, 2.24) is 4.90 Å². The van der Waals surface area contributed by atoms with Crippen LogP contribution in [0.25, 0.3) is 0 Å². The van der Waals surface area contributed by atoms with E-state index in [1.54, 1.807) is 5.70 Å². The molecule has 2 nitrogen and oxygen atoms in total.